The number of amides is 1. The van der Waals surface area contributed by atoms with Crippen LogP contribution >= 0.6 is 0 Å². The number of carbonyl (C=O) groups excluding carboxylic acids is 1. The minimum atomic E-state index is -0.973. The summed E-state index contributed by atoms with van der Waals surface area (Å²) in [5, 5.41) is 11.9. The molecule has 1 amide bonds. The second kappa shape index (κ2) is 11.9. The number of carboxylic acids is 1. The summed E-state index contributed by atoms with van der Waals surface area (Å²) in [4.78, 5) is 23.6. The van der Waals surface area contributed by atoms with Crippen LogP contribution < -0.4 is 14.8 Å². The van der Waals surface area contributed by atoms with Crippen molar-refractivity contribution < 1.29 is 28.9 Å². The van der Waals surface area contributed by atoms with Gasteiger partial charge in [-0.25, -0.2) is 4.79 Å². The Balaban J connectivity index is 1.58. The summed E-state index contributed by atoms with van der Waals surface area (Å²) >= 11 is 0. The number of benzene rings is 2. The number of aromatic carboxylic acids is 1. The van der Waals surface area contributed by atoms with Crippen LogP contribution in [0.2, 0.25) is 0 Å². The Morgan fingerprint density at radius 2 is 1.82 bits per heavy atom. The van der Waals surface area contributed by atoms with Gasteiger partial charge in [0, 0.05) is 11.8 Å². The van der Waals surface area contributed by atoms with Gasteiger partial charge in [-0.1, -0.05) is 39.3 Å². The maximum absolute atomic E-state index is 12.6. The molecule has 1 aliphatic rings. The molecule has 2 aromatic carbocycles. The van der Waals surface area contributed by atoms with Gasteiger partial charge in [-0.05, 0) is 60.4 Å². The normalized spacial score (nSPS) is 20.1. The van der Waals surface area contributed by atoms with Crippen LogP contribution in [0.1, 0.15) is 56.0 Å². The van der Waals surface area contributed by atoms with Crippen LogP contribution in [-0.4, -0.2) is 36.8 Å². The van der Waals surface area contributed by atoms with E-state index in [9.17, 15) is 9.59 Å². The lowest BCUT2D eigenvalue weighted by atomic mass is 9.75. The topological polar surface area (TPSA) is 94.1 Å². The maximum Gasteiger partial charge on any atom is 0.335 e. The average molecular weight is 470 g/mol. The molecule has 0 aromatic heterocycles. The number of carboxylic acid groups (broad SMARTS) is 1. The summed E-state index contributed by atoms with van der Waals surface area (Å²) in [7, 11) is 1.55. The largest absolute Gasteiger partial charge is 0.493 e. The summed E-state index contributed by atoms with van der Waals surface area (Å²) < 4.78 is 17.3. The Labute approximate surface area is 201 Å². The molecule has 1 fully saturated rings. The van der Waals surface area contributed by atoms with Crippen LogP contribution in [0.5, 0.6) is 11.5 Å². The standard InChI is InChI=1S/C27H35NO6/c1-17(2)22-11-5-18(3)13-24(22)34-16-26(29)28-21-10-12-23(32-4)25(14-21)33-15-19-6-8-20(9-7-19)27(30)31/h6-10,12,14,17-18,22,24H,5,11,13,15-16H2,1-4H3,(H,28,29)(H,30,31). The van der Waals surface area contributed by atoms with Crippen molar-refractivity contribution in [2.24, 2.45) is 17.8 Å². The smallest absolute Gasteiger partial charge is 0.335 e. The zero-order chi connectivity index (χ0) is 24.7. The summed E-state index contributed by atoms with van der Waals surface area (Å²) in [5.74, 6) is 1.46. The molecule has 0 saturated heterocycles. The van der Waals surface area contributed by atoms with E-state index < -0.39 is 5.97 Å². The van der Waals surface area contributed by atoms with Crippen molar-refractivity contribution >= 4 is 17.6 Å². The SMILES string of the molecule is COc1ccc(NC(=O)COC2CC(C)CCC2C(C)C)cc1OCc1ccc(C(=O)O)cc1. The molecule has 7 nitrogen and oxygen atoms in total. The van der Waals surface area contributed by atoms with Gasteiger partial charge in [0.25, 0.3) is 0 Å². The summed E-state index contributed by atoms with van der Waals surface area (Å²) in [6.07, 6.45) is 3.46. The van der Waals surface area contributed by atoms with Crippen LogP contribution in [-0.2, 0) is 16.1 Å². The van der Waals surface area contributed by atoms with E-state index in [1.165, 1.54) is 18.6 Å². The molecule has 1 saturated carbocycles. The van der Waals surface area contributed by atoms with E-state index in [4.69, 9.17) is 19.3 Å². The van der Waals surface area contributed by atoms with Gasteiger partial charge >= 0.3 is 5.97 Å². The van der Waals surface area contributed by atoms with Gasteiger partial charge in [0.1, 0.15) is 13.2 Å². The highest BCUT2D eigenvalue weighted by Crippen LogP contribution is 2.35. The number of ether oxygens (including phenoxy) is 3. The monoisotopic (exact) mass is 469 g/mol. The maximum atomic E-state index is 12.6. The number of hydrogen-bond donors (Lipinski definition) is 2. The second-order valence-corrected chi connectivity index (χ2v) is 9.38. The van der Waals surface area contributed by atoms with Crippen molar-refractivity contribution in [2.45, 2.75) is 52.7 Å². The molecule has 3 atom stereocenters. The van der Waals surface area contributed by atoms with Crippen LogP contribution in [0.3, 0.4) is 0 Å². The lowest BCUT2D eigenvalue weighted by molar-refractivity contribution is -0.126. The van der Waals surface area contributed by atoms with Gasteiger partial charge in [-0.3, -0.25) is 4.79 Å². The lowest BCUT2D eigenvalue weighted by Crippen LogP contribution is -2.36. The Morgan fingerprint density at radius 1 is 1.09 bits per heavy atom. The fourth-order valence-electron chi connectivity index (χ4n) is 4.46. The molecule has 3 rings (SSSR count). The van der Waals surface area contributed by atoms with E-state index in [0.29, 0.717) is 34.9 Å². The van der Waals surface area contributed by atoms with Gasteiger partial charge in [-0.15, -0.1) is 0 Å². The summed E-state index contributed by atoms with van der Waals surface area (Å²) in [5.41, 5.74) is 1.62. The molecule has 0 spiro atoms. The highest BCUT2D eigenvalue weighted by atomic mass is 16.5. The Bertz CT molecular complexity index is 972. The predicted molar refractivity (Wildman–Crippen MR) is 130 cm³/mol. The van der Waals surface area contributed by atoms with Gasteiger partial charge in [0.2, 0.25) is 5.91 Å². The van der Waals surface area contributed by atoms with E-state index in [1.807, 2.05) is 0 Å². The molecule has 0 aliphatic heterocycles. The number of nitrogens with one attached hydrogen (secondary N) is 1. The summed E-state index contributed by atoms with van der Waals surface area (Å²) in [6.45, 7) is 6.92. The highest BCUT2D eigenvalue weighted by Gasteiger charge is 2.31. The van der Waals surface area contributed by atoms with Gasteiger partial charge < -0.3 is 24.6 Å². The van der Waals surface area contributed by atoms with Crippen LogP contribution in [0.4, 0.5) is 5.69 Å². The molecule has 1 aliphatic carbocycles. The molecule has 34 heavy (non-hydrogen) atoms. The van der Waals surface area contributed by atoms with E-state index in [-0.39, 0.29) is 30.8 Å². The predicted octanol–water partition coefficient (Wildman–Crippen LogP) is 5.39. The quantitative estimate of drug-likeness (QED) is 0.485. The minimum Gasteiger partial charge on any atom is -0.493 e. The molecule has 0 radical (unpaired) electrons. The van der Waals surface area contributed by atoms with E-state index in [0.717, 1.165) is 18.4 Å². The van der Waals surface area contributed by atoms with Gasteiger partial charge in [0.15, 0.2) is 11.5 Å². The van der Waals surface area contributed by atoms with Crippen molar-refractivity contribution in [2.75, 3.05) is 19.0 Å². The van der Waals surface area contributed by atoms with Crippen LogP contribution in [0.15, 0.2) is 42.5 Å². The number of anilines is 1. The van der Waals surface area contributed by atoms with E-state index in [1.54, 1.807) is 37.4 Å². The molecular weight excluding hydrogens is 434 g/mol. The first-order chi connectivity index (χ1) is 16.3. The molecule has 0 heterocycles. The first kappa shape index (κ1) is 25.6. The lowest BCUT2D eigenvalue weighted by Gasteiger charge is -2.37. The third-order valence-corrected chi connectivity index (χ3v) is 6.43. The average Bonchev–Trinajstić information content (AvgIpc) is 2.81. The molecule has 3 unspecified atom stereocenters. The van der Waals surface area contributed by atoms with Crippen LogP contribution in [0.25, 0.3) is 0 Å². The number of hydrogen-bond acceptors (Lipinski definition) is 5. The first-order valence-electron chi connectivity index (χ1n) is 11.8. The number of carbonyl (C=O) groups is 2. The molecule has 0 bridgehead atoms. The molecular formula is C27H35NO6. The highest BCUT2D eigenvalue weighted by molar-refractivity contribution is 5.92. The van der Waals surface area contributed by atoms with Crippen molar-refractivity contribution in [3.05, 3.63) is 53.6 Å². The van der Waals surface area contributed by atoms with Gasteiger partial charge in [0.05, 0.1) is 18.8 Å². The van der Waals surface area contributed by atoms with Gasteiger partial charge in [-0.2, -0.15) is 0 Å². The Hall–Kier alpha value is -3.06. The molecule has 184 valence electrons. The number of rotatable bonds is 10. The third kappa shape index (κ3) is 6.97. The fourth-order valence-corrected chi connectivity index (χ4v) is 4.46. The zero-order valence-corrected chi connectivity index (χ0v) is 20.4. The number of methoxy groups -OCH3 is 1. The van der Waals surface area contributed by atoms with Crippen molar-refractivity contribution in [3.63, 3.8) is 0 Å². The van der Waals surface area contributed by atoms with E-state index in [2.05, 4.69) is 26.1 Å². The second-order valence-electron chi connectivity index (χ2n) is 9.38. The van der Waals surface area contributed by atoms with E-state index >= 15 is 0 Å². The molecule has 7 heteroatoms. The molecule has 2 aromatic rings. The van der Waals surface area contributed by atoms with Crippen LogP contribution in [0, 0.1) is 17.8 Å². The van der Waals surface area contributed by atoms with Crippen molar-refractivity contribution in [3.8, 4) is 11.5 Å². The summed E-state index contributed by atoms with van der Waals surface area (Å²) in [6, 6.07) is 11.7. The van der Waals surface area contributed by atoms with Crippen molar-refractivity contribution in [1.29, 1.82) is 0 Å². The Kier molecular flexibility index (Phi) is 8.93. The zero-order valence-electron chi connectivity index (χ0n) is 20.4. The minimum absolute atomic E-state index is 0.0127. The third-order valence-electron chi connectivity index (χ3n) is 6.43. The first-order valence-corrected chi connectivity index (χ1v) is 11.8. The fraction of sp³-hybridized carbons (Fsp3) is 0.481. The molecule has 2 N–H and O–H groups in total. The Morgan fingerprint density at radius 3 is 2.47 bits per heavy atom. The van der Waals surface area contributed by atoms with Crippen molar-refractivity contribution in [1.82, 2.24) is 0 Å².